The van der Waals surface area contributed by atoms with Crippen LogP contribution in [0.2, 0.25) is 0 Å². The van der Waals surface area contributed by atoms with E-state index in [-0.39, 0.29) is 17.1 Å². The molecule has 0 spiro atoms. The SMILES string of the molecule is [Cu].[S]=[Zn].c1cncnc1. The fraction of sp³-hybridized carbons (Fsp3) is 0. The Morgan fingerprint density at radius 3 is 1.67 bits per heavy atom. The van der Waals surface area contributed by atoms with Crippen molar-refractivity contribution in [1.29, 1.82) is 0 Å². The first-order chi connectivity index (χ1) is 4.00. The number of hydrogen-bond acceptors (Lipinski definition) is 3. The molecule has 0 unspecified atom stereocenters. The summed E-state index contributed by atoms with van der Waals surface area (Å²) < 4.78 is 0. The molecule has 0 fully saturated rings. The maximum atomic E-state index is 4.21. The molecular formula is C4H4CuN2SZn. The molecule has 1 aromatic heterocycles. The van der Waals surface area contributed by atoms with E-state index in [2.05, 4.69) is 20.1 Å². The van der Waals surface area contributed by atoms with Gasteiger partial charge in [-0.1, -0.05) is 0 Å². The minimum atomic E-state index is 0. The Kier molecular flexibility index (Phi) is 15.2. The van der Waals surface area contributed by atoms with Gasteiger partial charge in [-0.15, -0.1) is 0 Å². The van der Waals surface area contributed by atoms with Gasteiger partial charge in [-0.25, -0.2) is 9.97 Å². The van der Waals surface area contributed by atoms with Crippen LogP contribution in [0.1, 0.15) is 0 Å². The second-order valence-electron chi connectivity index (χ2n) is 0.904. The van der Waals surface area contributed by atoms with Gasteiger partial charge in [-0.2, -0.15) is 0 Å². The molecule has 0 atom stereocenters. The molecule has 0 amide bonds. The number of nitrogens with zero attached hydrogens (tertiary/aromatic N) is 2. The van der Waals surface area contributed by atoms with Crippen LogP contribution in [0.25, 0.3) is 0 Å². The molecule has 49 valence electrons. The zero-order valence-corrected chi connectivity index (χ0v) is 9.35. The van der Waals surface area contributed by atoms with E-state index in [1.54, 1.807) is 18.5 Å². The Bertz CT molecular complexity index is 101. The molecule has 5 heteroatoms. The third-order valence-corrected chi connectivity index (χ3v) is 0.478. The van der Waals surface area contributed by atoms with Crippen LogP contribution in [-0.4, -0.2) is 9.97 Å². The summed E-state index contributed by atoms with van der Waals surface area (Å²) in [6.45, 7) is 0. The molecule has 0 saturated carbocycles. The van der Waals surface area contributed by atoms with Crippen LogP contribution in [0.3, 0.4) is 0 Å². The van der Waals surface area contributed by atoms with Crippen LogP contribution in [0.5, 0.6) is 0 Å². The van der Waals surface area contributed by atoms with Gasteiger partial charge in [0.1, 0.15) is 6.33 Å². The number of rotatable bonds is 0. The molecule has 0 aliphatic carbocycles. The monoisotopic (exact) mass is 239 g/mol. The van der Waals surface area contributed by atoms with Gasteiger partial charge in [-0.05, 0) is 6.07 Å². The van der Waals surface area contributed by atoms with Crippen molar-refractivity contribution in [3.8, 4) is 0 Å². The van der Waals surface area contributed by atoms with Crippen molar-refractivity contribution in [3.63, 3.8) is 0 Å². The van der Waals surface area contributed by atoms with Gasteiger partial charge in [0.05, 0.1) is 0 Å². The molecule has 0 saturated heterocycles. The predicted octanol–water partition coefficient (Wildman–Crippen LogP) is 1.12. The van der Waals surface area contributed by atoms with Crippen LogP contribution in [0.15, 0.2) is 24.8 Å². The largest absolute Gasteiger partial charge is 0.245 e. The normalized spacial score (nSPS) is 6.00. The summed E-state index contributed by atoms with van der Waals surface area (Å²) in [5.74, 6) is 0. The molecule has 2 nitrogen and oxygen atoms in total. The van der Waals surface area contributed by atoms with Gasteiger partial charge in [0.15, 0.2) is 0 Å². The van der Waals surface area contributed by atoms with Crippen LogP contribution in [0, 0.1) is 0 Å². The number of aromatic nitrogens is 2. The zero-order chi connectivity index (χ0) is 6.24. The summed E-state index contributed by atoms with van der Waals surface area (Å²) in [7, 11) is 4.21. The molecule has 0 bridgehead atoms. The van der Waals surface area contributed by atoms with Crippen molar-refractivity contribution in [1.82, 2.24) is 9.97 Å². The third kappa shape index (κ3) is 8.44. The molecule has 1 heterocycles. The van der Waals surface area contributed by atoms with Crippen LogP contribution in [0.4, 0.5) is 0 Å². The maximum absolute atomic E-state index is 4.21. The Morgan fingerprint density at radius 1 is 1.11 bits per heavy atom. The van der Waals surface area contributed by atoms with E-state index in [4.69, 9.17) is 0 Å². The van der Waals surface area contributed by atoms with Crippen LogP contribution < -0.4 is 0 Å². The van der Waals surface area contributed by atoms with Gasteiger partial charge in [0, 0.05) is 29.5 Å². The van der Waals surface area contributed by atoms with Gasteiger partial charge >= 0.3 is 26.7 Å². The molecule has 0 N–H and O–H groups in total. The van der Waals surface area contributed by atoms with E-state index >= 15 is 0 Å². The molecule has 0 aromatic carbocycles. The van der Waals surface area contributed by atoms with Gasteiger partial charge < -0.3 is 0 Å². The summed E-state index contributed by atoms with van der Waals surface area (Å²) >= 11 is 0.958. The van der Waals surface area contributed by atoms with E-state index in [0.29, 0.717) is 0 Å². The Balaban J connectivity index is 0. The van der Waals surface area contributed by atoms with Crippen molar-refractivity contribution in [2.45, 2.75) is 0 Å². The Hall–Kier alpha value is 0.443. The molecular weight excluding hydrogens is 237 g/mol. The topological polar surface area (TPSA) is 25.8 Å². The first kappa shape index (κ1) is 12.2. The molecule has 1 aromatic rings. The Labute approximate surface area is 78.2 Å². The summed E-state index contributed by atoms with van der Waals surface area (Å²) in [4.78, 5) is 7.35. The standard InChI is InChI=1S/C4H4N2.Cu.S.Zn/c1-2-5-4-6-3-1;;;/h1-4H;;;. The first-order valence-corrected chi connectivity index (χ1v) is 6.20. The van der Waals surface area contributed by atoms with E-state index in [1.807, 2.05) is 0 Å². The maximum Gasteiger partial charge on any atom is 0.115 e. The van der Waals surface area contributed by atoms with Crippen molar-refractivity contribution >= 4 is 10.1 Å². The van der Waals surface area contributed by atoms with Gasteiger partial charge in [0.25, 0.3) is 0 Å². The predicted molar refractivity (Wildman–Crippen MR) is 29.6 cm³/mol. The van der Waals surface area contributed by atoms with E-state index in [0.717, 1.165) is 16.6 Å². The first-order valence-electron chi connectivity index (χ1n) is 1.99. The van der Waals surface area contributed by atoms with Crippen molar-refractivity contribution in [2.75, 3.05) is 0 Å². The fourth-order valence-corrected chi connectivity index (χ4v) is 0.253. The van der Waals surface area contributed by atoms with Gasteiger partial charge in [-0.3, -0.25) is 0 Å². The van der Waals surface area contributed by atoms with E-state index in [9.17, 15) is 0 Å². The molecule has 9 heavy (non-hydrogen) atoms. The summed E-state index contributed by atoms with van der Waals surface area (Å²) in [6.07, 6.45) is 4.88. The second-order valence-corrected chi connectivity index (χ2v) is 0.904. The average Bonchev–Trinajstić information content (AvgIpc) is 1.96. The number of hydrogen-bond donors (Lipinski definition) is 0. The smallest absolute Gasteiger partial charge is 0.115 e. The summed E-state index contributed by atoms with van der Waals surface area (Å²) in [5.41, 5.74) is 0. The minimum absolute atomic E-state index is 0. The zero-order valence-electron chi connectivity index (χ0n) is 4.62. The second kappa shape index (κ2) is 11.3. The quantitative estimate of drug-likeness (QED) is 0.636. The van der Waals surface area contributed by atoms with Crippen molar-refractivity contribution in [2.24, 2.45) is 0 Å². The van der Waals surface area contributed by atoms with E-state index in [1.165, 1.54) is 6.33 Å². The van der Waals surface area contributed by atoms with Gasteiger partial charge in [0.2, 0.25) is 0 Å². The van der Waals surface area contributed by atoms with Crippen LogP contribution >= 0.6 is 10.1 Å². The summed E-state index contributed by atoms with van der Waals surface area (Å²) in [5, 5.41) is 0. The van der Waals surface area contributed by atoms with E-state index < -0.39 is 0 Å². The molecule has 0 aliphatic heterocycles. The van der Waals surface area contributed by atoms with Crippen LogP contribution in [-0.2, 0) is 33.6 Å². The average molecular weight is 241 g/mol. The molecule has 0 aliphatic rings. The third-order valence-electron chi connectivity index (χ3n) is 0.478. The molecule has 1 radical (unpaired) electrons. The Morgan fingerprint density at radius 2 is 1.56 bits per heavy atom. The summed E-state index contributed by atoms with van der Waals surface area (Å²) in [6, 6.07) is 1.78. The van der Waals surface area contributed by atoms with Crippen molar-refractivity contribution < 1.29 is 33.6 Å². The van der Waals surface area contributed by atoms with Crippen molar-refractivity contribution in [3.05, 3.63) is 24.8 Å². The minimum Gasteiger partial charge on any atom is -0.245 e. The molecule has 1 rings (SSSR count). The fourth-order valence-electron chi connectivity index (χ4n) is 0.253.